The van der Waals surface area contributed by atoms with Crippen LogP contribution >= 0.6 is 0 Å². The molecular formula is C40H50FN5O2. The van der Waals surface area contributed by atoms with Gasteiger partial charge in [0.05, 0.1) is 18.7 Å². The van der Waals surface area contributed by atoms with Crippen molar-refractivity contribution in [3.63, 3.8) is 0 Å². The molecule has 0 unspecified atom stereocenters. The number of aryl methyl sites for hydroxylation is 1. The van der Waals surface area contributed by atoms with Crippen molar-refractivity contribution in [2.45, 2.75) is 70.3 Å². The van der Waals surface area contributed by atoms with Gasteiger partial charge in [-0.3, -0.25) is 4.79 Å². The number of piperidine rings is 1. The summed E-state index contributed by atoms with van der Waals surface area (Å²) in [7, 11) is 1.44. The monoisotopic (exact) mass is 651 g/mol. The van der Waals surface area contributed by atoms with E-state index in [1.165, 1.54) is 12.8 Å². The van der Waals surface area contributed by atoms with Crippen molar-refractivity contribution in [1.82, 2.24) is 14.5 Å². The van der Waals surface area contributed by atoms with E-state index in [9.17, 15) is 4.79 Å². The van der Waals surface area contributed by atoms with Gasteiger partial charge in [0.1, 0.15) is 11.6 Å². The Morgan fingerprint density at radius 2 is 1.92 bits per heavy atom. The van der Waals surface area contributed by atoms with Crippen molar-refractivity contribution in [1.29, 1.82) is 5.26 Å². The Labute approximate surface area is 285 Å². The average Bonchev–Trinajstić information content (AvgIpc) is 3.76. The highest BCUT2D eigenvalue weighted by molar-refractivity contribution is 5.69. The zero-order valence-corrected chi connectivity index (χ0v) is 28.6. The summed E-state index contributed by atoms with van der Waals surface area (Å²) in [5.74, 6) is 2.47. The molecule has 3 heterocycles. The molecule has 1 aliphatic carbocycles. The Hall–Kier alpha value is -3.96. The summed E-state index contributed by atoms with van der Waals surface area (Å²) in [6.07, 6.45) is 16.0. The maximum absolute atomic E-state index is 15.2. The number of aromatic nitrogens is 2. The third-order valence-electron chi connectivity index (χ3n) is 11.4. The molecule has 254 valence electrons. The highest BCUT2D eigenvalue weighted by Gasteiger charge is 2.51. The largest absolute Gasteiger partial charge is 0.469 e. The molecule has 1 saturated carbocycles. The van der Waals surface area contributed by atoms with Crippen LogP contribution in [-0.2, 0) is 27.9 Å². The van der Waals surface area contributed by atoms with Crippen molar-refractivity contribution in [3.8, 4) is 6.07 Å². The zero-order valence-electron chi connectivity index (χ0n) is 28.6. The molecule has 0 N–H and O–H groups in total. The lowest BCUT2D eigenvalue weighted by Crippen LogP contribution is -2.54. The number of imidazole rings is 1. The number of carbonyl (C=O) groups excluding carboxylic acids is 1. The number of hydrogen-bond donors (Lipinski definition) is 0. The normalized spacial score (nSPS) is 22.0. The molecule has 3 aliphatic rings. The first-order valence-electron chi connectivity index (χ1n) is 17.9. The second-order valence-corrected chi connectivity index (χ2v) is 14.1. The number of halogens is 1. The molecule has 0 spiro atoms. The van der Waals surface area contributed by atoms with Gasteiger partial charge in [-0.25, -0.2) is 9.37 Å². The number of methoxy groups -OCH3 is 1. The lowest BCUT2D eigenvalue weighted by atomic mass is 9.57. The molecule has 7 nitrogen and oxygen atoms in total. The first kappa shape index (κ1) is 33.9. The maximum Gasteiger partial charge on any atom is 0.305 e. The molecule has 0 amide bonds. The molecular weight excluding hydrogens is 601 g/mol. The van der Waals surface area contributed by atoms with Gasteiger partial charge in [-0.2, -0.15) is 5.26 Å². The van der Waals surface area contributed by atoms with Crippen LogP contribution in [0.15, 0.2) is 73.1 Å². The molecule has 0 bridgehead atoms. The predicted octanol–water partition coefficient (Wildman–Crippen LogP) is 7.17. The number of anilines is 1. The summed E-state index contributed by atoms with van der Waals surface area (Å²) in [6.45, 7) is 8.24. The van der Waals surface area contributed by atoms with Crippen molar-refractivity contribution < 1.29 is 13.9 Å². The molecule has 48 heavy (non-hydrogen) atoms. The van der Waals surface area contributed by atoms with E-state index in [0.717, 1.165) is 89.2 Å². The Morgan fingerprint density at radius 3 is 2.62 bits per heavy atom. The number of carbonyl (C=O) groups is 1. The molecule has 2 saturated heterocycles. The number of likely N-dealkylation sites (tertiary alicyclic amines) is 1. The molecule has 2 aliphatic heterocycles. The summed E-state index contributed by atoms with van der Waals surface area (Å²) in [5.41, 5.74) is 2.76. The highest BCUT2D eigenvalue weighted by atomic mass is 19.1. The van der Waals surface area contributed by atoms with E-state index in [4.69, 9.17) is 15.0 Å². The van der Waals surface area contributed by atoms with E-state index in [2.05, 4.69) is 63.9 Å². The van der Waals surface area contributed by atoms with E-state index in [1.54, 1.807) is 6.07 Å². The molecule has 3 fully saturated rings. The predicted molar refractivity (Wildman–Crippen MR) is 187 cm³/mol. The number of benzene rings is 2. The van der Waals surface area contributed by atoms with Crippen LogP contribution in [0.3, 0.4) is 0 Å². The first-order valence-corrected chi connectivity index (χ1v) is 17.9. The van der Waals surface area contributed by atoms with Crippen LogP contribution in [0.1, 0.15) is 68.8 Å². The third kappa shape index (κ3) is 7.37. The van der Waals surface area contributed by atoms with E-state index in [0.29, 0.717) is 42.1 Å². The van der Waals surface area contributed by atoms with Gasteiger partial charge in [-0.1, -0.05) is 37.6 Å². The number of ether oxygens (including phenoxy) is 1. The van der Waals surface area contributed by atoms with Crippen molar-refractivity contribution in [3.05, 3.63) is 95.8 Å². The fourth-order valence-electron chi connectivity index (χ4n) is 9.02. The maximum atomic E-state index is 15.2. The summed E-state index contributed by atoms with van der Waals surface area (Å²) in [4.78, 5) is 21.6. The van der Waals surface area contributed by atoms with Crippen LogP contribution in [0, 0.1) is 40.8 Å². The minimum Gasteiger partial charge on any atom is -0.469 e. The fourth-order valence-corrected chi connectivity index (χ4v) is 9.02. The number of nitriles is 1. The van der Waals surface area contributed by atoms with E-state index >= 15 is 4.39 Å². The second kappa shape index (κ2) is 15.5. The van der Waals surface area contributed by atoms with Gasteiger partial charge in [0.25, 0.3) is 0 Å². The topological polar surface area (TPSA) is 74.4 Å². The summed E-state index contributed by atoms with van der Waals surface area (Å²) < 4.78 is 22.4. The van der Waals surface area contributed by atoms with Gasteiger partial charge >= 0.3 is 5.97 Å². The molecule has 3 aromatic rings. The van der Waals surface area contributed by atoms with Crippen molar-refractivity contribution in [2.24, 2.45) is 23.7 Å². The van der Waals surface area contributed by atoms with Crippen LogP contribution in [0.4, 0.5) is 10.1 Å². The van der Waals surface area contributed by atoms with Crippen molar-refractivity contribution in [2.75, 3.05) is 44.7 Å². The van der Waals surface area contributed by atoms with Gasteiger partial charge in [0, 0.05) is 68.4 Å². The standard InChI is InChI=1S/C40H50FN5O2/c1-3-38-43-20-23-45(38)29-40(34-10-7-11-35(41)24-34,37-12-6-9-32(37)8-4-5-13-39(47)48-2)33-18-21-44(22-19-33)26-31-27-46(28-31)36-16-14-30(25-42)15-17-36/h4,7-8,10-11,14-17,20,23-24,31-33,37H,3,5-6,9,12-13,18-19,21-22,26-29H2,1-2H3/b8-4+/t32-,37-,40-/m0/s1. The van der Waals surface area contributed by atoms with Crippen LogP contribution in [-0.4, -0.2) is 60.3 Å². The molecule has 0 radical (unpaired) electrons. The smallest absolute Gasteiger partial charge is 0.305 e. The van der Waals surface area contributed by atoms with Crippen LogP contribution in [0.2, 0.25) is 0 Å². The van der Waals surface area contributed by atoms with Gasteiger partial charge < -0.3 is 19.1 Å². The van der Waals surface area contributed by atoms with Crippen LogP contribution in [0.25, 0.3) is 0 Å². The average molecular weight is 652 g/mol. The Morgan fingerprint density at radius 1 is 1.12 bits per heavy atom. The van der Waals surface area contributed by atoms with Gasteiger partial charge in [0.2, 0.25) is 0 Å². The number of hydrogen-bond acceptors (Lipinski definition) is 6. The molecule has 6 rings (SSSR count). The Kier molecular flexibility index (Phi) is 11.0. The summed E-state index contributed by atoms with van der Waals surface area (Å²) >= 11 is 0. The Bertz CT molecular complexity index is 1580. The van der Waals surface area contributed by atoms with E-state index in [-0.39, 0.29) is 17.2 Å². The molecule has 2 aromatic carbocycles. The summed E-state index contributed by atoms with van der Waals surface area (Å²) in [5, 5.41) is 9.13. The molecule has 1 aromatic heterocycles. The lowest BCUT2D eigenvalue weighted by Gasteiger charge is -2.51. The third-order valence-corrected chi connectivity index (χ3v) is 11.4. The van der Waals surface area contributed by atoms with Crippen LogP contribution < -0.4 is 4.90 Å². The van der Waals surface area contributed by atoms with Gasteiger partial charge in [0.15, 0.2) is 0 Å². The van der Waals surface area contributed by atoms with Crippen LogP contribution in [0.5, 0.6) is 0 Å². The van der Waals surface area contributed by atoms with Gasteiger partial charge in [-0.05, 0) is 105 Å². The minimum absolute atomic E-state index is 0.171. The van der Waals surface area contributed by atoms with E-state index < -0.39 is 0 Å². The first-order chi connectivity index (χ1) is 23.4. The van der Waals surface area contributed by atoms with Crippen molar-refractivity contribution >= 4 is 11.7 Å². The van der Waals surface area contributed by atoms with E-state index in [1.807, 2.05) is 30.5 Å². The number of allylic oxidation sites excluding steroid dienone is 2. The minimum atomic E-state index is -0.254. The SMILES string of the molecule is CCc1nccn1C[C@@](c1cccc(F)c1)(C1CCN(CC2CN(c3ccc(C#N)cc3)C2)CC1)[C@H]1CCC[C@@H]1/C=C/CCC(=O)OC. The lowest BCUT2D eigenvalue weighted by molar-refractivity contribution is -0.140. The number of nitrogens with zero attached hydrogens (tertiary/aromatic N) is 5. The second-order valence-electron chi connectivity index (χ2n) is 14.1. The Balaban J connectivity index is 1.23. The number of rotatable bonds is 13. The highest BCUT2D eigenvalue weighted by Crippen LogP contribution is 2.54. The molecule has 8 heteroatoms. The summed E-state index contributed by atoms with van der Waals surface area (Å²) in [6, 6.07) is 17.6. The molecule has 3 atom stereocenters. The zero-order chi connectivity index (χ0) is 33.5. The fraction of sp³-hybridized carbons (Fsp3) is 0.525. The van der Waals surface area contributed by atoms with Gasteiger partial charge in [-0.15, -0.1) is 0 Å². The number of esters is 1. The quantitative estimate of drug-likeness (QED) is 0.144.